The van der Waals surface area contributed by atoms with Gasteiger partial charge in [0.1, 0.15) is 5.82 Å². The van der Waals surface area contributed by atoms with E-state index in [9.17, 15) is 0 Å². The second-order valence-electron chi connectivity index (χ2n) is 4.16. The Balaban J connectivity index is 2.17. The first-order valence-corrected chi connectivity index (χ1v) is 6.34. The van der Waals surface area contributed by atoms with E-state index >= 15 is 0 Å². The van der Waals surface area contributed by atoms with Gasteiger partial charge in [0.05, 0.1) is 4.47 Å². The Bertz CT molecular complexity index is 385. The van der Waals surface area contributed by atoms with Gasteiger partial charge in [-0.05, 0) is 48.0 Å². The summed E-state index contributed by atoms with van der Waals surface area (Å²) in [6, 6.07) is 0.584. The van der Waals surface area contributed by atoms with Crippen molar-refractivity contribution in [3.8, 4) is 0 Å². The van der Waals surface area contributed by atoms with Gasteiger partial charge in [-0.25, -0.2) is 4.98 Å². The highest BCUT2D eigenvalue weighted by molar-refractivity contribution is 9.10. The van der Waals surface area contributed by atoms with E-state index < -0.39 is 0 Å². The van der Waals surface area contributed by atoms with E-state index in [0.29, 0.717) is 11.3 Å². The highest BCUT2D eigenvalue weighted by atomic mass is 79.9. The fraction of sp³-hybridized carbons (Fsp3) is 0.600. The zero-order valence-electron chi connectivity index (χ0n) is 9.32. The molecule has 1 fully saturated rings. The molecule has 2 rings (SSSR count). The van der Waals surface area contributed by atoms with E-state index in [-0.39, 0.29) is 0 Å². The van der Waals surface area contributed by atoms with Crippen LogP contribution in [0.2, 0.25) is 5.28 Å². The van der Waals surface area contributed by atoms with Crippen molar-refractivity contribution in [2.75, 3.05) is 32.1 Å². The predicted molar refractivity (Wildman–Crippen MR) is 69.0 cm³/mol. The Morgan fingerprint density at radius 3 is 2.94 bits per heavy atom. The van der Waals surface area contributed by atoms with Gasteiger partial charge in [-0.2, -0.15) is 4.98 Å². The van der Waals surface area contributed by atoms with Crippen LogP contribution < -0.4 is 4.90 Å². The largest absolute Gasteiger partial charge is 0.354 e. The van der Waals surface area contributed by atoms with Crippen LogP contribution in [0.5, 0.6) is 0 Å². The van der Waals surface area contributed by atoms with Crippen molar-refractivity contribution in [2.45, 2.75) is 12.5 Å². The van der Waals surface area contributed by atoms with Gasteiger partial charge in [0.15, 0.2) is 0 Å². The molecule has 1 aromatic heterocycles. The van der Waals surface area contributed by atoms with Crippen LogP contribution in [-0.2, 0) is 0 Å². The molecule has 0 radical (unpaired) electrons. The summed E-state index contributed by atoms with van der Waals surface area (Å²) in [5, 5.41) is 0.298. The number of anilines is 1. The van der Waals surface area contributed by atoms with Crippen LogP contribution in [0.25, 0.3) is 0 Å². The normalized spacial score (nSPS) is 20.8. The van der Waals surface area contributed by atoms with Gasteiger partial charge < -0.3 is 9.80 Å². The molecule has 1 atom stereocenters. The molecule has 16 heavy (non-hydrogen) atoms. The van der Waals surface area contributed by atoms with Crippen molar-refractivity contribution in [1.29, 1.82) is 0 Å². The Morgan fingerprint density at radius 1 is 1.56 bits per heavy atom. The molecule has 0 aromatic carbocycles. The average molecular weight is 306 g/mol. The molecular weight excluding hydrogens is 291 g/mol. The summed E-state index contributed by atoms with van der Waals surface area (Å²) in [5.74, 6) is 0.893. The summed E-state index contributed by atoms with van der Waals surface area (Å²) in [6.45, 7) is 1.99. The molecule has 1 unspecified atom stereocenters. The van der Waals surface area contributed by atoms with Crippen LogP contribution in [-0.4, -0.2) is 48.1 Å². The number of halogens is 2. The van der Waals surface area contributed by atoms with Crippen molar-refractivity contribution in [3.63, 3.8) is 0 Å². The number of likely N-dealkylation sites (N-methyl/N-ethyl adjacent to an activating group) is 1. The first-order valence-electron chi connectivity index (χ1n) is 5.17. The molecule has 88 valence electrons. The molecule has 4 nitrogen and oxygen atoms in total. The third-order valence-electron chi connectivity index (χ3n) is 2.89. The van der Waals surface area contributed by atoms with Crippen LogP contribution in [0, 0.1) is 0 Å². The molecule has 0 aliphatic carbocycles. The third-order valence-corrected chi connectivity index (χ3v) is 3.63. The van der Waals surface area contributed by atoms with Crippen molar-refractivity contribution in [2.24, 2.45) is 0 Å². The molecule has 0 bridgehead atoms. The molecule has 0 amide bonds. The minimum Gasteiger partial charge on any atom is -0.354 e. The zero-order chi connectivity index (χ0) is 11.7. The summed E-state index contributed by atoms with van der Waals surface area (Å²) in [7, 11) is 4.21. The second kappa shape index (κ2) is 4.85. The molecule has 0 spiro atoms. The number of hydrogen-bond acceptors (Lipinski definition) is 4. The molecule has 2 heterocycles. The first kappa shape index (κ1) is 12.1. The Kier molecular flexibility index (Phi) is 3.66. The van der Waals surface area contributed by atoms with E-state index in [1.807, 2.05) is 0 Å². The summed E-state index contributed by atoms with van der Waals surface area (Å²) < 4.78 is 0.899. The summed E-state index contributed by atoms with van der Waals surface area (Å²) in [6.07, 6.45) is 2.86. The molecule has 1 aliphatic heterocycles. The highest BCUT2D eigenvalue weighted by Crippen LogP contribution is 2.28. The minimum atomic E-state index is 0.298. The maximum Gasteiger partial charge on any atom is 0.224 e. The van der Waals surface area contributed by atoms with Crippen molar-refractivity contribution < 1.29 is 0 Å². The number of aromatic nitrogens is 2. The first-order chi connectivity index (χ1) is 7.58. The SMILES string of the molecule is CN(C)C1CCN(c2nc(Cl)ncc2Br)C1. The topological polar surface area (TPSA) is 32.3 Å². The highest BCUT2D eigenvalue weighted by Gasteiger charge is 2.26. The fourth-order valence-corrected chi connectivity index (χ4v) is 2.49. The predicted octanol–water partition coefficient (Wildman–Crippen LogP) is 2.03. The van der Waals surface area contributed by atoms with Gasteiger partial charge in [0.2, 0.25) is 5.28 Å². The monoisotopic (exact) mass is 304 g/mol. The fourth-order valence-electron chi connectivity index (χ4n) is 1.91. The van der Waals surface area contributed by atoms with E-state index in [2.05, 4.69) is 49.8 Å². The smallest absolute Gasteiger partial charge is 0.224 e. The minimum absolute atomic E-state index is 0.298. The van der Waals surface area contributed by atoms with Crippen LogP contribution in [0.3, 0.4) is 0 Å². The van der Waals surface area contributed by atoms with Gasteiger partial charge in [0.25, 0.3) is 0 Å². The van der Waals surface area contributed by atoms with E-state index in [4.69, 9.17) is 11.6 Å². The van der Waals surface area contributed by atoms with Gasteiger partial charge >= 0.3 is 0 Å². The Morgan fingerprint density at radius 2 is 2.31 bits per heavy atom. The average Bonchev–Trinajstić information content (AvgIpc) is 2.70. The van der Waals surface area contributed by atoms with Gasteiger partial charge in [-0.15, -0.1) is 0 Å². The van der Waals surface area contributed by atoms with Crippen LogP contribution in [0.1, 0.15) is 6.42 Å². The van der Waals surface area contributed by atoms with Crippen LogP contribution in [0.15, 0.2) is 10.7 Å². The second-order valence-corrected chi connectivity index (χ2v) is 5.36. The Hall–Kier alpha value is -0.390. The van der Waals surface area contributed by atoms with Crippen LogP contribution in [0.4, 0.5) is 5.82 Å². The maximum atomic E-state index is 5.81. The lowest BCUT2D eigenvalue weighted by molar-refractivity contribution is 0.315. The van der Waals surface area contributed by atoms with Crippen LogP contribution >= 0.6 is 27.5 Å². The molecule has 1 aromatic rings. The molecular formula is C10H14BrClN4. The lowest BCUT2D eigenvalue weighted by Gasteiger charge is -2.21. The Labute approximate surface area is 109 Å². The third kappa shape index (κ3) is 2.47. The van der Waals surface area contributed by atoms with Gasteiger partial charge in [-0.3, -0.25) is 0 Å². The lowest BCUT2D eigenvalue weighted by atomic mass is 10.2. The quantitative estimate of drug-likeness (QED) is 0.783. The molecule has 6 heteroatoms. The van der Waals surface area contributed by atoms with E-state index in [0.717, 1.165) is 29.8 Å². The molecule has 0 saturated carbocycles. The van der Waals surface area contributed by atoms with Gasteiger partial charge in [0, 0.05) is 25.3 Å². The summed E-state index contributed by atoms with van der Waals surface area (Å²) >= 11 is 9.27. The van der Waals surface area contributed by atoms with Crippen molar-refractivity contribution >= 4 is 33.3 Å². The molecule has 1 aliphatic rings. The number of hydrogen-bond donors (Lipinski definition) is 0. The van der Waals surface area contributed by atoms with Crippen molar-refractivity contribution in [1.82, 2.24) is 14.9 Å². The molecule has 0 N–H and O–H groups in total. The van der Waals surface area contributed by atoms with E-state index in [1.165, 1.54) is 0 Å². The number of rotatable bonds is 2. The standard InChI is InChI=1S/C10H14BrClN4/c1-15(2)7-3-4-16(6-7)9-8(11)5-13-10(12)14-9/h5,7H,3-4,6H2,1-2H3. The van der Waals surface area contributed by atoms with E-state index in [1.54, 1.807) is 6.20 Å². The maximum absolute atomic E-state index is 5.81. The zero-order valence-corrected chi connectivity index (χ0v) is 11.7. The van der Waals surface area contributed by atoms with Crippen molar-refractivity contribution in [3.05, 3.63) is 16.0 Å². The van der Waals surface area contributed by atoms with Gasteiger partial charge in [-0.1, -0.05) is 0 Å². The summed E-state index contributed by atoms with van der Waals surface area (Å²) in [5.41, 5.74) is 0. The summed E-state index contributed by atoms with van der Waals surface area (Å²) in [4.78, 5) is 12.7. The molecule has 1 saturated heterocycles. The lowest BCUT2D eigenvalue weighted by Crippen LogP contribution is -2.31. The number of nitrogens with zero attached hydrogens (tertiary/aromatic N) is 4.